The van der Waals surface area contributed by atoms with E-state index in [0.717, 1.165) is 48.8 Å². The van der Waals surface area contributed by atoms with Crippen LogP contribution in [-0.2, 0) is 16.8 Å². The number of aliphatic carboxylic acids is 1. The lowest BCUT2D eigenvalue weighted by Gasteiger charge is -2.35. The Morgan fingerprint density at radius 3 is 2.88 bits per heavy atom. The van der Waals surface area contributed by atoms with Gasteiger partial charge in [0.1, 0.15) is 5.41 Å². The first-order valence-corrected chi connectivity index (χ1v) is 6.65. The molecule has 16 heavy (non-hydrogen) atoms. The van der Waals surface area contributed by atoms with Gasteiger partial charge in [0.05, 0.1) is 5.69 Å². The monoisotopic (exact) mass is 238 g/mol. The van der Waals surface area contributed by atoms with Gasteiger partial charge in [-0.05, 0) is 19.3 Å². The lowest BCUT2D eigenvalue weighted by molar-refractivity contribution is -0.147. The van der Waals surface area contributed by atoms with Crippen LogP contribution < -0.4 is 0 Å². The van der Waals surface area contributed by atoms with Crippen molar-refractivity contribution in [3.8, 4) is 0 Å². The fourth-order valence-corrected chi connectivity index (χ4v) is 3.34. The molecule has 0 spiro atoms. The van der Waals surface area contributed by atoms with Crippen molar-refractivity contribution in [1.82, 2.24) is 9.55 Å². The highest BCUT2D eigenvalue weighted by Gasteiger charge is 2.48. The Labute approximate surface area is 98.1 Å². The predicted molar refractivity (Wildman–Crippen MR) is 60.7 cm³/mol. The average Bonchev–Trinajstić information content (AvgIpc) is 2.58. The fourth-order valence-electron chi connectivity index (χ4n) is 2.41. The van der Waals surface area contributed by atoms with Gasteiger partial charge in [0, 0.05) is 18.5 Å². The zero-order valence-corrected chi connectivity index (χ0v) is 9.79. The molecule has 0 radical (unpaired) electrons. The van der Waals surface area contributed by atoms with Crippen molar-refractivity contribution in [2.75, 3.05) is 5.75 Å². The fraction of sp³-hybridized carbons (Fsp3) is 0.636. The average molecular weight is 238 g/mol. The van der Waals surface area contributed by atoms with Gasteiger partial charge in [0.2, 0.25) is 0 Å². The minimum Gasteiger partial charge on any atom is -0.481 e. The molecule has 86 valence electrons. The first-order valence-electron chi connectivity index (χ1n) is 5.66. The Hall–Kier alpha value is -0.970. The van der Waals surface area contributed by atoms with E-state index in [1.807, 2.05) is 6.20 Å². The van der Waals surface area contributed by atoms with Crippen LogP contribution in [0.25, 0.3) is 0 Å². The van der Waals surface area contributed by atoms with Gasteiger partial charge in [-0.25, -0.2) is 4.98 Å². The first kappa shape index (κ1) is 10.2. The normalized spacial score (nSPS) is 22.2. The summed E-state index contributed by atoms with van der Waals surface area (Å²) in [7, 11) is 0. The highest BCUT2D eigenvalue weighted by atomic mass is 32.2. The lowest BCUT2D eigenvalue weighted by atomic mass is 9.67. The molecular weight excluding hydrogens is 224 g/mol. The molecule has 1 saturated carbocycles. The van der Waals surface area contributed by atoms with E-state index in [0.29, 0.717) is 0 Å². The second kappa shape index (κ2) is 3.52. The number of carboxylic acids is 1. The van der Waals surface area contributed by atoms with Crippen LogP contribution in [-0.4, -0.2) is 26.4 Å². The topological polar surface area (TPSA) is 55.1 Å². The largest absolute Gasteiger partial charge is 0.481 e. The third-order valence-corrected chi connectivity index (χ3v) is 4.70. The molecule has 2 aliphatic rings. The molecule has 4 nitrogen and oxygen atoms in total. The van der Waals surface area contributed by atoms with Crippen molar-refractivity contribution >= 4 is 17.7 Å². The SMILES string of the molecule is O=C(O)C1(c2cn3c(n2)SCCC3)CCC1. The van der Waals surface area contributed by atoms with Crippen LogP contribution >= 0.6 is 11.8 Å². The van der Waals surface area contributed by atoms with E-state index in [1.165, 1.54) is 0 Å². The Balaban J connectivity index is 1.99. The first-order chi connectivity index (χ1) is 7.72. The molecule has 1 aromatic heterocycles. The highest BCUT2D eigenvalue weighted by Crippen LogP contribution is 2.44. The third kappa shape index (κ3) is 1.30. The third-order valence-electron chi connectivity index (χ3n) is 3.62. The second-order valence-corrected chi connectivity index (χ2v) is 5.61. The number of hydrogen-bond donors (Lipinski definition) is 1. The quantitative estimate of drug-likeness (QED) is 0.854. The van der Waals surface area contributed by atoms with Crippen LogP contribution in [0.5, 0.6) is 0 Å². The zero-order chi connectivity index (χ0) is 11.2. The molecule has 1 aliphatic heterocycles. The number of nitrogens with zero attached hydrogens (tertiary/aromatic N) is 2. The predicted octanol–water partition coefficient (Wildman–Crippen LogP) is 1.89. The standard InChI is InChI=1S/C11H14N2O2S/c14-9(15)11(3-1-4-11)8-7-13-5-2-6-16-10(13)12-8/h7H,1-6H2,(H,14,15). The van der Waals surface area contributed by atoms with Gasteiger partial charge < -0.3 is 9.67 Å². The molecule has 0 aromatic carbocycles. The van der Waals surface area contributed by atoms with E-state index < -0.39 is 11.4 Å². The molecule has 0 unspecified atom stereocenters. The number of rotatable bonds is 2. The summed E-state index contributed by atoms with van der Waals surface area (Å²) in [5.41, 5.74) is 0.0981. The number of carboxylic acid groups (broad SMARTS) is 1. The van der Waals surface area contributed by atoms with E-state index in [-0.39, 0.29) is 0 Å². The van der Waals surface area contributed by atoms with Crippen molar-refractivity contribution in [1.29, 1.82) is 0 Å². The maximum Gasteiger partial charge on any atom is 0.315 e. The summed E-state index contributed by atoms with van der Waals surface area (Å²) in [5, 5.41) is 10.3. The van der Waals surface area contributed by atoms with Gasteiger partial charge in [-0.1, -0.05) is 18.2 Å². The van der Waals surface area contributed by atoms with Crippen LogP contribution in [0.3, 0.4) is 0 Å². The van der Waals surface area contributed by atoms with E-state index in [9.17, 15) is 9.90 Å². The molecule has 1 N–H and O–H groups in total. The maximum absolute atomic E-state index is 11.4. The number of fused-ring (bicyclic) bond motifs is 1. The molecule has 1 aromatic rings. The van der Waals surface area contributed by atoms with Gasteiger partial charge in [0.15, 0.2) is 5.16 Å². The van der Waals surface area contributed by atoms with Crippen LogP contribution in [0.15, 0.2) is 11.4 Å². The van der Waals surface area contributed by atoms with Crippen LogP contribution in [0.4, 0.5) is 0 Å². The summed E-state index contributed by atoms with van der Waals surface area (Å²) < 4.78 is 2.10. The molecule has 3 rings (SSSR count). The Kier molecular flexibility index (Phi) is 2.24. The highest BCUT2D eigenvalue weighted by molar-refractivity contribution is 7.99. The summed E-state index contributed by atoms with van der Waals surface area (Å²) in [6, 6.07) is 0. The molecule has 5 heteroatoms. The summed E-state index contributed by atoms with van der Waals surface area (Å²) in [4.78, 5) is 15.9. The van der Waals surface area contributed by atoms with E-state index >= 15 is 0 Å². The lowest BCUT2D eigenvalue weighted by Crippen LogP contribution is -2.42. The van der Waals surface area contributed by atoms with Crippen molar-refractivity contribution < 1.29 is 9.90 Å². The number of thioether (sulfide) groups is 1. The number of imidazole rings is 1. The van der Waals surface area contributed by atoms with Crippen LogP contribution in [0.2, 0.25) is 0 Å². The number of carbonyl (C=O) groups is 1. The van der Waals surface area contributed by atoms with Crippen LogP contribution in [0, 0.1) is 0 Å². The Morgan fingerprint density at radius 2 is 2.31 bits per heavy atom. The summed E-state index contributed by atoms with van der Waals surface area (Å²) >= 11 is 1.73. The van der Waals surface area contributed by atoms with Crippen LogP contribution in [0.1, 0.15) is 31.4 Å². The van der Waals surface area contributed by atoms with E-state index in [4.69, 9.17) is 0 Å². The molecule has 0 saturated heterocycles. The molecule has 1 aliphatic carbocycles. The maximum atomic E-state index is 11.4. The smallest absolute Gasteiger partial charge is 0.315 e. The molecule has 2 heterocycles. The van der Waals surface area contributed by atoms with Gasteiger partial charge >= 0.3 is 5.97 Å². The van der Waals surface area contributed by atoms with E-state index in [1.54, 1.807) is 11.8 Å². The minimum atomic E-state index is -0.709. The van der Waals surface area contributed by atoms with Crippen molar-refractivity contribution in [3.05, 3.63) is 11.9 Å². The van der Waals surface area contributed by atoms with Crippen molar-refractivity contribution in [2.45, 2.75) is 42.8 Å². The molecular formula is C11H14N2O2S. The van der Waals surface area contributed by atoms with Crippen molar-refractivity contribution in [3.63, 3.8) is 0 Å². The zero-order valence-electron chi connectivity index (χ0n) is 8.98. The summed E-state index contributed by atoms with van der Waals surface area (Å²) in [6.07, 6.45) is 5.58. The summed E-state index contributed by atoms with van der Waals surface area (Å²) in [6.45, 7) is 0.977. The van der Waals surface area contributed by atoms with Gasteiger partial charge in [0.25, 0.3) is 0 Å². The van der Waals surface area contributed by atoms with Crippen molar-refractivity contribution in [2.24, 2.45) is 0 Å². The van der Waals surface area contributed by atoms with E-state index in [2.05, 4.69) is 9.55 Å². The number of aromatic nitrogens is 2. The number of hydrogen-bond acceptors (Lipinski definition) is 3. The van der Waals surface area contributed by atoms with Gasteiger partial charge in [-0.15, -0.1) is 0 Å². The van der Waals surface area contributed by atoms with Gasteiger partial charge in [-0.3, -0.25) is 4.79 Å². The second-order valence-electron chi connectivity index (χ2n) is 4.54. The Morgan fingerprint density at radius 1 is 1.50 bits per heavy atom. The summed E-state index contributed by atoms with van der Waals surface area (Å²) in [5.74, 6) is 0.385. The Bertz CT molecular complexity index is 414. The molecule has 0 bridgehead atoms. The molecule has 1 fully saturated rings. The molecule has 0 atom stereocenters. The number of aryl methyl sites for hydroxylation is 1. The van der Waals surface area contributed by atoms with Gasteiger partial charge in [-0.2, -0.15) is 0 Å². The molecule has 0 amide bonds. The minimum absolute atomic E-state index is 0.676.